The summed E-state index contributed by atoms with van der Waals surface area (Å²) in [6.45, 7) is 11.1. The van der Waals surface area contributed by atoms with Crippen molar-refractivity contribution in [3.63, 3.8) is 0 Å². The zero-order chi connectivity index (χ0) is 22.9. The van der Waals surface area contributed by atoms with E-state index in [4.69, 9.17) is 4.74 Å². The molecule has 3 heteroatoms. The second-order valence-corrected chi connectivity index (χ2v) is 9.39. The minimum Gasteiger partial charge on any atom is -0.494 e. The van der Waals surface area contributed by atoms with Gasteiger partial charge in [0.2, 0.25) is 0 Å². The Hall–Kier alpha value is -2.36. The van der Waals surface area contributed by atoms with Gasteiger partial charge in [-0.2, -0.15) is 0 Å². The molecule has 0 radical (unpaired) electrons. The van der Waals surface area contributed by atoms with Crippen LogP contribution in [-0.2, 0) is 13.0 Å². The summed E-state index contributed by atoms with van der Waals surface area (Å²) in [6.07, 6.45) is 5.99. The lowest BCUT2D eigenvalue weighted by Gasteiger charge is -2.26. The number of unbranched alkanes of at least 4 members (excludes halogenated alkanes) is 2. The van der Waals surface area contributed by atoms with Crippen molar-refractivity contribution in [2.75, 3.05) is 32.8 Å². The molecular weight excluding hydrogens is 404 g/mol. The van der Waals surface area contributed by atoms with Gasteiger partial charge in [0.15, 0.2) is 0 Å². The molecule has 3 aromatic carbocycles. The molecule has 1 fully saturated rings. The van der Waals surface area contributed by atoms with Gasteiger partial charge in [-0.15, -0.1) is 0 Å². The quantitative estimate of drug-likeness (QED) is 0.295. The van der Waals surface area contributed by atoms with E-state index >= 15 is 0 Å². The van der Waals surface area contributed by atoms with Gasteiger partial charge in [-0.1, -0.05) is 62.4 Å². The summed E-state index contributed by atoms with van der Waals surface area (Å²) in [7, 11) is 0. The van der Waals surface area contributed by atoms with E-state index < -0.39 is 0 Å². The van der Waals surface area contributed by atoms with Crippen molar-refractivity contribution in [1.29, 1.82) is 0 Å². The summed E-state index contributed by atoms with van der Waals surface area (Å²) in [5, 5.41) is 2.57. The number of ether oxygens (including phenoxy) is 1. The molecule has 1 aliphatic rings. The monoisotopic (exact) mass is 444 g/mol. The molecule has 0 N–H and O–H groups in total. The molecule has 0 amide bonds. The van der Waals surface area contributed by atoms with Crippen LogP contribution in [0.5, 0.6) is 5.75 Å². The number of benzene rings is 3. The van der Waals surface area contributed by atoms with Gasteiger partial charge in [0, 0.05) is 25.7 Å². The van der Waals surface area contributed by atoms with E-state index in [1.807, 2.05) is 0 Å². The second kappa shape index (κ2) is 12.2. The highest BCUT2D eigenvalue weighted by atomic mass is 16.5. The molecular formula is C30H40N2O. The number of nitrogens with zero attached hydrogens (tertiary/aromatic N) is 2. The van der Waals surface area contributed by atoms with Gasteiger partial charge in [0.1, 0.15) is 5.75 Å². The summed E-state index contributed by atoms with van der Waals surface area (Å²) in [4.78, 5) is 5.21. The summed E-state index contributed by atoms with van der Waals surface area (Å²) in [5.74, 6) is 0.986. The molecule has 3 aromatic rings. The maximum absolute atomic E-state index is 6.05. The van der Waals surface area contributed by atoms with E-state index in [1.165, 1.54) is 54.3 Å². The number of aryl methyl sites for hydroxylation is 1. The van der Waals surface area contributed by atoms with Crippen LogP contribution in [0.1, 0.15) is 50.7 Å². The van der Waals surface area contributed by atoms with Crippen LogP contribution in [0.2, 0.25) is 0 Å². The predicted octanol–water partition coefficient (Wildman–Crippen LogP) is 6.55. The van der Waals surface area contributed by atoms with Crippen molar-refractivity contribution >= 4 is 10.8 Å². The van der Waals surface area contributed by atoms with Gasteiger partial charge < -0.3 is 4.74 Å². The molecule has 0 bridgehead atoms. The Balaban J connectivity index is 1.22. The largest absolute Gasteiger partial charge is 0.494 e. The third kappa shape index (κ3) is 6.82. The zero-order valence-corrected chi connectivity index (χ0v) is 20.5. The van der Waals surface area contributed by atoms with E-state index in [0.29, 0.717) is 0 Å². The number of rotatable bonds is 12. The Morgan fingerprint density at radius 1 is 0.848 bits per heavy atom. The Morgan fingerprint density at radius 3 is 2.45 bits per heavy atom. The Bertz CT molecular complexity index is 983. The molecule has 3 nitrogen and oxygen atoms in total. The standard InChI is InChI=1S/C30H40N2O/c1-3-32(4-2)29-18-19-31(24-29)23-26-14-15-28-22-30(17-16-27(28)21-26)33-20-10-6-9-13-25-11-7-5-8-12-25/h5,7-8,11-12,14-17,21-22,29H,3-4,6,9-10,13,18-20,23-24H2,1-2H3. The van der Waals surface area contributed by atoms with Gasteiger partial charge in [0.05, 0.1) is 6.61 Å². The second-order valence-electron chi connectivity index (χ2n) is 9.39. The minimum absolute atomic E-state index is 0.721. The molecule has 0 spiro atoms. The van der Waals surface area contributed by atoms with E-state index in [0.717, 1.165) is 50.9 Å². The van der Waals surface area contributed by atoms with Crippen molar-refractivity contribution in [2.24, 2.45) is 0 Å². The fourth-order valence-electron chi connectivity index (χ4n) is 5.16. The van der Waals surface area contributed by atoms with Gasteiger partial charge >= 0.3 is 0 Å². The maximum Gasteiger partial charge on any atom is 0.119 e. The maximum atomic E-state index is 6.05. The summed E-state index contributed by atoms with van der Waals surface area (Å²) < 4.78 is 6.05. The van der Waals surface area contributed by atoms with Crippen LogP contribution in [-0.4, -0.2) is 48.6 Å². The van der Waals surface area contributed by atoms with Crippen molar-refractivity contribution < 1.29 is 4.74 Å². The van der Waals surface area contributed by atoms with Gasteiger partial charge in [-0.25, -0.2) is 0 Å². The average Bonchev–Trinajstić information content (AvgIpc) is 3.31. The molecule has 33 heavy (non-hydrogen) atoms. The molecule has 1 aliphatic heterocycles. The van der Waals surface area contributed by atoms with Crippen LogP contribution in [0.15, 0.2) is 66.7 Å². The van der Waals surface area contributed by atoms with Crippen LogP contribution in [0.3, 0.4) is 0 Å². The Kier molecular flexibility index (Phi) is 8.79. The fraction of sp³-hybridized carbons (Fsp3) is 0.467. The molecule has 176 valence electrons. The van der Waals surface area contributed by atoms with E-state index in [-0.39, 0.29) is 0 Å². The van der Waals surface area contributed by atoms with E-state index in [1.54, 1.807) is 0 Å². The van der Waals surface area contributed by atoms with Crippen molar-refractivity contribution in [1.82, 2.24) is 9.80 Å². The Morgan fingerprint density at radius 2 is 1.64 bits per heavy atom. The lowest BCUT2D eigenvalue weighted by atomic mass is 10.1. The van der Waals surface area contributed by atoms with E-state index in [2.05, 4.69) is 90.4 Å². The first kappa shape index (κ1) is 23.8. The van der Waals surface area contributed by atoms with Crippen LogP contribution in [0, 0.1) is 0 Å². The lowest BCUT2D eigenvalue weighted by Crippen LogP contribution is -2.37. The minimum atomic E-state index is 0.721. The smallest absolute Gasteiger partial charge is 0.119 e. The van der Waals surface area contributed by atoms with E-state index in [9.17, 15) is 0 Å². The molecule has 0 saturated carbocycles. The van der Waals surface area contributed by atoms with Crippen LogP contribution in [0.25, 0.3) is 10.8 Å². The van der Waals surface area contributed by atoms with Crippen molar-refractivity contribution in [3.8, 4) is 5.75 Å². The van der Waals surface area contributed by atoms with Crippen LogP contribution in [0.4, 0.5) is 0 Å². The van der Waals surface area contributed by atoms with Crippen LogP contribution >= 0.6 is 0 Å². The van der Waals surface area contributed by atoms with Crippen molar-refractivity contribution in [3.05, 3.63) is 77.9 Å². The van der Waals surface area contributed by atoms with Crippen LogP contribution < -0.4 is 4.74 Å². The zero-order valence-electron chi connectivity index (χ0n) is 20.5. The average molecular weight is 445 g/mol. The highest BCUT2D eigenvalue weighted by Crippen LogP contribution is 2.24. The molecule has 1 atom stereocenters. The number of fused-ring (bicyclic) bond motifs is 1. The first-order valence-electron chi connectivity index (χ1n) is 12.9. The lowest BCUT2D eigenvalue weighted by molar-refractivity contribution is 0.209. The van der Waals surface area contributed by atoms with Crippen molar-refractivity contribution in [2.45, 2.75) is 58.5 Å². The molecule has 0 aliphatic carbocycles. The third-order valence-electron chi connectivity index (χ3n) is 7.08. The summed E-state index contributed by atoms with van der Waals surface area (Å²) in [6, 6.07) is 24.9. The third-order valence-corrected chi connectivity index (χ3v) is 7.08. The molecule has 1 unspecified atom stereocenters. The van der Waals surface area contributed by atoms with Gasteiger partial charge in [-0.3, -0.25) is 9.80 Å². The normalized spacial score (nSPS) is 16.6. The number of likely N-dealkylation sites (tertiary alicyclic amines) is 1. The first-order valence-corrected chi connectivity index (χ1v) is 12.9. The summed E-state index contributed by atoms with van der Waals surface area (Å²) in [5.41, 5.74) is 2.84. The summed E-state index contributed by atoms with van der Waals surface area (Å²) >= 11 is 0. The SMILES string of the molecule is CCN(CC)C1CCN(Cc2ccc3cc(OCCCCCc4ccccc4)ccc3c2)C1. The topological polar surface area (TPSA) is 15.7 Å². The fourth-order valence-corrected chi connectivity index (χ4v) is 5.16. The number of hydrogen-bond donors (Lipinski definition) is 0. The highest BCUT2D eigenvalue weighted by Gasteiger charge is 2.25. The van der Waals surface area contributed by atoms with Gasteiger partial charge in [-0.05, 0) is 85.3 Å². The predicted molar refractivity (Wildman–Crippen MR) is 140 cm³/mol. The molecule has 0 aromatic heterocycles. The molecule has 1 heterocycles. The van der Waals surface area contributed by atoms with Gasteiger partial charge in [0.25, 0.3) is 0 Å². The number of likely N-dealkylation sites (N-methyl/N-ethyl adjacent to an activating group) is 1. The highest BCUT2D eigenvalue weighted by molar-refractivity contribution is 5.84. The molecule has 1 saturated heterocycles. The first-order chi connectivity index (χ1) is 16.2. The molecule has 4 rings (SSSR count). The number of hydrogen-bond acceptors (Lipinski definition) is 3. The Labute approximate surface area is 200 Å².